The van der Waals surface area contributed by atoms with E-state index in [1.165, 1.54) is 24.3 Å². The molecule has 1 aliphatic carbocycles. The first kappa shape index (κ1) is 12.1. The lowest BCUT2D eigenvalue weighted by atomic mass is 10.1. The van der Waals surface area contributed by atoms with Crippen LogP contribution in [0.2, 0.25) is 0 Å². The maximum Gasteiger partial charge on any atom is 0.337 e. The normalized spacial score (nSPS) is 17.7. The summed E-state index contributed by atoms with van der Waals surface area (Å²) in [5, 5.41) is 17.8. The Morgan fingerprint density at radius 3 is 2.41 bits per heavy atom. The van der Waals surface area contributed by atoms with E-state index < -0.39 is 27.2 Å². The van der Waals surface area contributed by atoms with E-state index in [0.29, 0.717) is 12.8 Å². The Kier molecular flexibility index (Phi) is 2.92. The largest absolute Gasteiger partial charge is 0.479 e. The highest BCUT2D eigenvalue weighted by atomic mass is 32.2. The van der Waals surface area contributed by atoms with Crippen LogP contribution in [-0.2, 0) is 14.6 Å². The maximum atomic E-state index is 12.0. The Bertz CT molecular complexity index is 545. The molecule has 0 amide bonds. The molecule has 1 atom stereocenters. The molecule has 1 aliphatic rings. The number of rotatable bonds is 4. The van der Waals surface area contributed by atoms with Crippen LogP contribution in [0.4, 0.5) is 0 Å². The molecule has 0 aliphatic heterocycles. The summed E-state index contributed by atoms with van der Waals surface area (Å²) < 4.78 is 24.1. The zero-order valence-electron chi connectivity index (χ0n) is 8.91. The summed E-state index contributed by atoms with van der Waals surface area (Å²) in [6.45, 7) is 0. The molecule has 0 saturated heterocycles. The van der Waals surface area contributed by atoms with Gasteiger partial charge in [0.25, 0.3) is 0 Å². The van der Waals surface area contributed by atoms with Crippen molar-refractivity contribution in [3.05, 3.63) is 29.8 Å². The molecule has 5 nitrogen and oxygen atoms in total. The number of carboxylic acids is 1. The van der Waals surface area contributed by atoms with Gasteiger partial charge in [-0.15, -0.1) is 0 Å². The van der Waals surface area contributed by atoms with Crippen molar-refractivity contribution in [1.82, 2.24) is 0 Å². The van der Waals surface area contributed by atoms with Gasteiger partial charge in [-0.3, -0.25) is 0 Å². The second-order valence-corrected chi connectivity index (χ2v) is 6.22. The molecule has 1 aromatic rings. The molecular formula is C11H12O5S. The average Bonchev–Trinajstić information content (AvgIpc) is 3.12. The third-order valence-corrected chi connectivity index (χ3v) is 5.05. The fourth-order valence-electron chi connectivity index (χ4n) is 1.66. The number of aliphatic hydroxyl groups is 1. The van der Waals surface area contributed by atoms with Crippen LogP contribution in [0.3, 0.4) is 0 Å². The number of hydrogen-bond acceptors (Lipinski definition) is 4. The molecule has 0 aromatic heterocycles. The molecule has 2 N–H and O–H groups in total. The first-order chi connectivity index (χ1) is 7.94. The molecule has 2 rings (SSSR count). The van der Waals surface area contributed by atoms with Gasteiger partial charge in [0.1, 0.15) is 0 Å². The number of aliphatic hydroxyl groups excluding tert-OH is 1. The van der Waals surface area contributed by atoms with Crippen molar-refractivity contribution in [2.75, 3.05) is 0 Å². The van der Waals surface area contributed by atoms with E-state index in [0.717, 1.165) is 0 Å². The predicted molar refractivity (Wildman–Crippen MR) is 59.2 cm³/mol. The summed E-state index contributed by atoms with van der Waals surface area (Å²) in [7, 11) is -3.50. The molecule has 1 unspecified atom stereocenters. The van der Waals surface area contributed by atoms with Crippen molar-refractivity contribution < 1.29 is 23.4 Å². The Hall–Kier alpha value is -1.40. The Balaban J connectivity index is 2.51. The van der Waals surface area contributed by atoms with E-state index in [2.05, 4.69) is 0 Å². The quantitative estimate of drug-likeness (QED) is 0.829. The van der Waals surface area contributed by atoms with Crippen LogP contribution in [0.25, 0.3) is 0 Å². The SMILES string of the molecule is O=C(O)C(O)c1ccccc1S(=O)(=O)C1CC1. The highest BCUT2D eigenvalue weighted by Gasteiger charge is 2.39. The summed E-state index contributed by atoms with van der Waals surface area (Å²) in [5.41, 5.74) is -0.0631. The monoisotopic (exact) mass is 256 g/mol. The van der Waals surface area contributed by atoms with Gasteiger partial charge in [0.15, 0.2) is 15.9 Å². The zero-order chi connectivity index (χ0) is 12.6. The van der Waals surface area contributed by atoms with E-state index in [4.69, 9.17) is 5.11 Å². The summed E-state index contributed by atoms with van der Waals surface area (Å²) >= 11 is 0. The third kappa shape index (κ3) is 2.18. The lowest BCUT2D eigenvalue weighted by Crippen LogP contribution is -2.16. The highest BCUT2D eigenvalue weighted by Crippen LogP contribution is 2.36. The molecule has 17 heavy (non-hydrogen) atoms. The topological polar surface area (TPSA) is 91.7 Å². The highest BCUT2D eigenvalue weighted by molar-refractivity contribution is 7.92. The van der Waals surface area contributed by atoms with Crippen molar-refractivity contribution in [2.24, 2.45) is 0 Å². The number of benzene rings is 1. The van der Waals surface area contributed by atoms with Gasteiger partial charge < -0.3 is 10.2 Å². The average molecular weight is 256 g/mol. The van der Waals surface area contributed by atoms with E-state index in [-0.39, 0.29) is 10.5 Å². The molecular weight excluding hydrogens is 244 g/mol. The summed E-state index contributed by atoms with van der Waals surface area (Å²) in [4.78, 5) is 10.6. The molecule has 0 heterocycles. The molecule has 1 saturated carbocycles. The van der Waals surface area contributed by atoms with Gasteiger partial charge in [0.05, 0.1) is 10.1 Å². The van der Waals surface area contributed by atoms with Crippen molar-refractivity contribution >= 4 is 15.8 Å². The van der Waals surface area contributed by atoms with Crippen LogP contribution in [-0.4, -0.2) is 29.9 Å². The molecule has 0 spiro atoms. The Morgan fingerprint density at radius 1 is 1.29 bits per heavy atom. The number of sulfone groups is 1. The van der Waals surface area contributed by atoms with Crippen molar-refractivity contribution in [3.8, 4) is 0 Å². The molecule has 1 fully saturated rings. The summed E-state index contributed by atoms with van der Waals surface area (Å²) in [5.74, 6) is -1.46. The fraction of sp³-hybridized carbons (Fsp3) is 0.364. The van der Waals surface area contributed by atoms with Crippen LogP contribution in [0.15, 0.2) is 29.2 Å². The first-order valence-electron chi connectivity index (χ1n) is 5.18. The lowest BCUT2D eigenvalue weighted by molar-refractivity contribution is -0.147. The van der Waals surface area contributed by atoms with E-state index >= 15 is 0 Å². The number of aliphatic carboxylic acids is 1. The third-order valence-electron chi connectivity index (χ3n) is 2.72. The first-order valence-corrected chi connectivity index (χ1v) is 6.73. The van der Waals surface area contributed by atoms with Crippen molar-refractivity contribution in [3.63, 3.8) is 0 Å². The second kappa shape index (κ2) is 4.12. The molecule has 92 valence electrons. The maximum absolute atomic E-state index is 12.0. The predicted octanol–water partition coefficient (Wildman–Crippen LogP) is 0.741. The molecule has 1 aromatic carbocycles. The van der Waals surface area contributed by atoms with Crippen LogP contribution in [0.1, 0.15) is 24.5 Å². The van der Waals surface area contributed by atoms with Crippen LogP contribution < -0.4 is 0 Å². The smallest absolute Gasteiger partial charge is 0.337 e. The van der Waals surface area contributed by atoms with Gasteiger partial charge in [0, 0.05) is 5.56 Å². The van der Waals surface area contributed by atoms with Crippen molar-refractivity contribution in [1.29, 1.82) is 0 Å². The Morgan fingerprint density at radius 2 is 1.88 bits per heavy atom. The molecule has 0 radical (unpaired) electrons. The van der Waals surface area contributed by atoms with Gasteiger partial charge in [-0.25, -0.2) is 13.2 Å². The van der Waals surface area contributed by atoms with Crippen LogP contribution in [0.5, 0.6) is 0 Å². The van der Waals surface area contributed by atoms with Gasteiger partial charge in [0.2, 0.25) is 0 Å². The minimum Gasteiger partial charge on any atom is -0.479 e. The van der Waals surface area contributed by atoms with Crippen LogP contribution >= 0.6 is 0 Å². The standard InChI is InChI=1S/C11H12O5S/c12-10(11(13)14)8-3-1-2-4-9(8)17(15,16)7-5-6-7/h1-4,7,10,12H,5-6H2,(H,13,14). The minimum absolute atomic E-state index is 0.0631. The van der Waals surface area contributed by atoms with E-state index in [1.54, 1.807) is 0 Å². The van der Waals surface area contributed by atoms with Crippen molar-refractivity contribution in [2.45, 2.75) is 29.1 Å². The zero-order valence-corrected chi connectivity index (χ0v) is 9.72. The van der Waals surface area contributed by atoms with Crippen LogP contribution in [0, 0.1) is 0 Å². The van der Waals surface area contributed by atoms with Gasteiger partial charge in [-0.2, -0.15) is 0 Å². The number of carbonyl (C=O) groups is 1. The van der Waals surface area contributed by atoms with E-state index in [1.807, 2.05) is 0 Å². The molecule has 0 bridgehead atoms. The summed E-state index contributed by atoms with van der Waals surface area (Å²) in [6.07, 6.45) is -0.612. The second-order valence-electron chi connectivity index (χ2n) is 4.02. The van der Waals surface area contributed by atoms with Gasteiger partial charge in [-0.05, 0) is 18.9 Å². The molecule has 6 heteroatoms. The Labute approximate surface area is 98.6 Å². The lowest BCUT2D eigenvalue weighted by Gasteiger charge is -2.12. The minimum atomic E-state index is -3.50. The van der Waals surface area contributed by atoms with Gasteiger partial charge in [-0.1, -0.05) is 18.2 Å². The fourth-order valence-corrected chi connectivity index (χ4v) is 3.55. The van der Waals surface area contributed by atoms with Gasteiger partial charge >= 0.3 is 5.97 Å². The number of hydrogen-bond donors (Lipinski definition) is 2. The number of carboxylic acid groups (broad SMARTS) is 1. The van der Waals surface area contributed by atoms with E-state index in [9.17, 15) is 18.3 Å². The summed E-state index contributed by atoms with van der Waals surface area (Å²) in [6, 6.07) is 5.70.